The van der Waals surface area contributed by atoms with E-state index in [9.17, 15) is 8.76 Å². The highest BCUT2D eigenvalue weighted by atomic mass is 32.2. The van der Waals surface area contributed by atoms with Crippen LogP contribution in [0.4, 0.5) is 0 Å². The number of rotatable bonds is 17. The Kier molecular flexibility index (Phi) is 15.0. The van der Waals surface area contributed by atoms with E-state index in [0.29, 0.717) is 13.0 Å². The third-order valence-electron chi connectivity index (χ3n) is 4.49. The molecule has 0 amide bonds. The molecule has 1 unspecified atom stereocenters. The molecule has 1 rings (SSSR count). The van der Waals surface area contributed by atoms with Crippen molar-refractivity contribution in [2.24, 2.45) is 4.99 Å². The predicted octanol–water partition coefficient (Wildman–Crippen LogP) is 5.67. The number of aliphatic imine (C=N–C) groups is 1. The van der Waals surface area contributed by atoms with Crippen LogP contribution in [0.2, 0.25) is 0 Å². The maximum absolute atomic E-state index is 10.4. The Morgan fingerprint density at radius 2 is 1.52 bits per heavy atom. The lowest BCUT2D eigenvalue weighted by atomic mass is 10.1. The molecule has 5 heteroatoms. The summed E-state index contributed by atoms with van der Waals surface area (Å²) >= 11 is -1.97. The van der Waals surface area contributed by atoms with Gasteiger partial charge >= 0.3 is 0 Å². The highest BCUT2D eigenvalue weighted by Gasteiger charge is 1.96. The molecule has 0 saturated carbocycles. The van der Waals surface area contributed by atoms with Crippen LogP contribution >= 0.6 is 0 Å². The van der Waals surface area contributed by atoms with Crippen molar-refractivity contribution in [2.45, 2.75) is 77.6 Å². The summed E-state index contributed by atoms with van der Waals surface area (Å²) in [5.74, 6) is 1.06. The summed E-state index contributed by atoms with van der Waals surface area (Å²) < 4.78 is 26.6. The second-order valence-corrected chi connectivity index (χ2v) is 8.01. The van der Waals surface area contributed by atoms with Gasteiger partial charge in [0, 0.05) is 18.5 Å². The van der Waals surface area contributed by atoms with Gasteiger partial charge in [0.05, 0.1) is 6.61 Å². The van der Waals surface area contributed by atoms with E-state index in [-0.39, 0.29) is 5.75 Å². The van der Waals surface area contributed by atoms with Crippen LogP contribution in [-0.2, 0) is 11.1 Å². The first-order chi connectivity index (χ1) is 13.2. The summed E-state index contributed by atoms with van der Waals surface area (Å²) in [5.41, 5.74) is 1.00. The monoisotopic (exact) mass is 394 g/mol. The van der Waals surface area contributed by atoms with E-state index in [1.165, 1.54) is 57.8 Å². The van der Waals surface area contributed by atoms with Crippen LogP contribution in [-0.4, -0.2) is 33.9 Å². The van der Waals surface area contributed by atoms with Crippen molar-refractivity contribution < 1.29 is 13.5 Å². The number of hydrogen-bond acceptors (Lipinski definition) is 4. The first-order valence-corrected chi connectivity index (χ1v) is 11.8. The smallest absolute Gasteiger partial charge is 0.119 e. The number of ether oxygens (including phenoxy) is 1. The van der Waals surface area contributed by atoms with Crippen LogP contribution in [0.5, 0.6) is 5.75 Å². The van der Waals surface area contributed by atoms with Gasteiger partial charge in [-0.15, -0.1) is 0 Å². The van der Waals surface area contributed by atoms with Crippen molar-refractivity contribution in [1.82, 2.24) is 0 Å². The van der Waals surface area contributed by atoms with Crippen LogP contribution in [0.3, 0.4) is 0 Å². The summed E-state index contributed by atoms with van der Waals surface area (Å²) in [4.78, 5) is 4.24. The minimum absolute atomic E-state index is 0.170. The topological polar surface area (TPSA) is 61.7 Å². The first-order valence-electron chi connectivity index (χ1n) is 10.5. The molecule has 1 aromatic carbocycles. The second kappa shape index (κ2) is 16.9. The molecule has 27 heavy (non-hydrogen) atoms. The molecule has 0 aliphatic rings. The first kappa shape index (κ1) is 23.8. The lowest BCUT2D eigenvalue weighted by Crippen LogP contribution is -1.98. The molecule has 0 saturated heterocycles. The third-order valence-corrected chi connectivity index (χ3v) is 5.11. The summed E-state index contributed by atoms with van der Waals surface area (Å²) in [7, 11) is 0. The lowest BCUT2D eigenvalue weighted by Gasteiger charge is -2.06. The van der Waals surface area contributed by atoms with Crippen LogP contribution in [0.25, 0.3) is 0 Å². The van der Waals surface area contributed by atoms with Crippen molar-refractivity contribution in [2.75, 3.05) is 18.9 Å². The van der Waals surface area contributed by atoms with Gasteiger partial charge < -0.3 is 9.29 Å². The van der Waals surface area contributed by atoms with Gasteiger partial charge in [-0.2, -0.15) is 0 Å². The van der Waals surface area contributed by atoms with Gasteiger partial charge in [0.2, 0.25) is 0 Å². The predicted molar refractivity (Wildman–Crippen MR) is 115 cm³/mol. The van der Waals surface area contributed by atoms with E-state index in [0.717, 1.165) is 24.3 Å². The van der Waals surface area contributed by atoms with Crippen molar-refractivity contribution >= 4 is 17.3 Å². The Bertz CT molecular complexity index is 517. The fourth-order valence-corrected chi connectivity index (χ4v) is 3.24. The fourth-order valence-electron chi connectivity index (χ4n) is 2.87. The molecule has 154 valence electrons. The molecular formula is C22H36NO3S-. The largest absolute Gasteiger partial charge is 0.772 e. The van der Waals surface area contributed by atoms with Crippen LogP contribution in [0.1, 0.15) is 83.1 Å². The van der Waals surface area contributed by atoms with Crippen LogP contribution < -0.4 is 4.74 Å². The Morgan fingerprint density at radius 3 is 2.11 bits per heavy atom. The van der Waals surface area contributed by atoms with E-state index >= 15 is 0 Å². The maximum atomic E-state index is 10.4. The summed E-state index contributed by atoms with van der Waals surface area (Å²) in [6.45, 7) is 3.57. The number of hydrogen-bond donors (Lipinski definition) is 0. The maximum Gasteiger partial charge on any atom is 0.119 e. The van der Waals surface area contributed by atoms with Crippen LogP contribution in [0, 0.1) is 0 Å². The molecule has 1 aromatic rings. The summed E-state index contributed by atoms with van der Waals surface area (Å²) in [5, 5.41) is 0. The molecule has 0 aromatic heterocycles. The standard InChI is InChI=1S/C22H37NO3S/c1-2-3-4-5-6-7-8-9-10-11-18-26-22-15-13-21(14-16-22)20-23-17-12-19-27(24)25/h13-16,20H,2-12,17-19H2,1H3,(H,24,25)/p-1. The van der Waals surface area contributed by atoms with E-state index in [4.69, 9.17) is 4.74 Å². The number of nitrogens with zero attached hydrogens (tertiary/aromatic N) is 1. The summed E-state index contributed by atoms with van der Waals surface area (Å²) in [6, 6.07) is 7.88. The SMILES string of the molecule is CCCCCCCCCCCCOc1ccc(C=NCCCS(=O)[O-])cc1. The van der Waals surface area contributed by atoms with Gasteiger partial charge in [0.15, 0.2) is 0 Å². The molecule has 0 aliphatic carbocycles. The Labute approximate surface area is 168 Å². The Balaban J connectivity index is 2.01. The van der Waals surface area contributed by atoms with E-state index < -0.39 is 11.1 Å². The van der Waals surface area contributed by atoms with Gasteiger partial charge in [-0.25, -0.2) is 0 Å². The average molecular weight is 395 g/mol. The molecule has 0 radical (unpaired) electrons. The number of benzene rings is 1. The van der Waals surface area contributed by atoms with Crippen molar-refractivity contribution in [3.63, 3.8) is 0 Å². The Morgan fingerprint density at radius 1 is 0.926 bits per heavy atom. The zero-order valence-corrected chi connectivity index (χ0v) is 17.7. The van der Waals surface area contributed by atoms with Gasteiger partial charge in [-0.1, -0.05) is 75.8 Å². The Hall–Kier alpha value is -1.20. The van der Waals surface area contributed by atoms with Crippen molar-refractivity contribution in [3.8, 4) is 5.75 Å². The molecule has 0 aliphatic heterocycles. The normalized spacial score (nSPS) is 12.5. The zero-order chi connectivity index (χ0) is 19.6. The minimum atomic E-state index is -1.97. The van der Waals surface area contributed by atoms with Crippen LogP contribution in [0.15, 0.2) is 29.3 Å². The lowest BCUT2D eigenvalue weighted by molar-refractivity contribution is 0.304. The van der Waals surface area contributed by atoms with Gasteiger partial charge in [-0.05, 0) is 42.7 Å². The van der Waals surface area contributed by atoms with Gasteiger partial charge in [0.25, 0.3) is 0 Å². The highest BCUT2D eigenvalue weighted by Crippen LogP contribution is 2.13. The third kappa shape index (κ3) is 14.5. The molecule has 0 heterocycles. The molecule has 0 fully saturated rings. The van der Waals surface area contributed by atoms with Gasteiger partial charge in [-0.3, -0.25) is 9.20 Å². The van der Waals surface area contributed by atoms with E-state index in [1.807, 2.05) is 24.3 Å². The molecular weight excluding hydrogens is 358 g/mol. The van der Waals surface area contributed by atoms with Crippen molar-refractivity contribution in [3.05, 3.63) is 29.8 Å². The minimum Gasteiger partial charge on any atom is -0.772 e. The quantitative estimate of drug-likeness (QED) is 0.194. The zero-order valence-electron chi connectivity index (χ0n) is 16.9. The average Bonchev–Trinajstić information content (AvgIpc) is 2.66. The van der Waals surface area contributed by atoms with Gasteiger partial charge in [0.1, 0.15) is 5.75 Å². The summed E-state index contributed by atoms with van der Waals surface area (Å²) in [6.07, 6.45) is 15.6. The number of unbranched alkanes of at least 4 members (excludes halogenated alkanes) is 9. The second-order valence-electron chi connectivity index (χ2n) is 7.00. The fraction of sp³-hybridized carbons (Fsp3) is 0.682. The van der Waals surface area contributed by atoms with E-state index in [2.05, 4.69) is 11.9 Å². The van der Waals surface area contributed by atoms with E-state index in [1.54, 1.807) is 6.21 Å². The molecule has 1 atom stereocenters. The van der Waals surface area contributed by atoms with Crippen molar-refractivity contribution in [1.29, 1.82) is 0 Å². The molecule has 0 N–H and O–H groups in total. The molecule has 0 spiro atoms. The molecule has 4 nitrogen and oxygen atoms in total. The highest BCUT2D eigenvalue weighted by molar-refractivity contribution is 7.79. The molecule has 0 bridgehead atoms.